The Balaban J connectivity index is 2.51. The first-order chi connectivity index (χ1) is 7.98. The van der Waals surface area contributed by atoms with E-state index in [0.717, 1.165) is 11.3 Å². The molecule has 1 heterocycles. The second-order valence-corrected chi connectivity index (χ2v) is 5.20. The van der Waals surface area contributed by atoms with Crippen LogP contribution in [-0.2, 0) is 5.41 Å². The van der Waals surface area contributed by atoms with E-state index >= 15 is 0 Å². The molecule has 0 aliphatic heterocycles. The molecule has 88 valence electrons. The number of phenolic OH excluding ortho intramolecular Hbond substituents is 1. The van der Waals surface area contributed by atoms with Gasteiger partial charge in [-0.15, -0.1) is 0 Å². The fraction of sp³-hybridized carbons (Fsp3) is 0.267. The summed E-state index contributed by atoms with van der Waals surface area (Å²) in [7, 11) is 0. The Morgan fingerprint density at radius 2 is 1.76 bits per heavy atom. The summed E-state index contributed by atoms with van der Waals surface area (Å²) in [5, 5.41) is 9.82. The molecule has 0 atom stereocenters. The Bertz CT molecular complexity index is 526. The maximum absolute atomic E-state index is 9.82. The van der Waals surface area contributed by atoms with Crippen LogP contribution in [0.25, 0.3) is 11.3 Å². The summed E-state index contributed by atoms with van der Waals surface area (Å²) >= 11 is 0. The summed E-state index contributed by atoms with van der Waals surface area (Å²) in [5.74, 6) is 0.269. The molecule has 0 spiro atoms. The van der Waals surface area contributed by atoms with Crippen molar-refractivity contribution in [1.82, 2.24) is 4.98 Å². The van der Waals surface area contributed by atoms with E-state index in [9.17, 15) is 5.11 Å². The van der Waals surface area contributed by atoms with Crippen LogP contribution in [0.4, 0.5) is 0 Å². The minimum Gasteiger partial charge on any atom is -0.507 e. The second-order valence-electron chi connectivity index (χ2n) is 5.20. The highest BCUT2D eigenvalue weighted by Gasteiger charge is 2.15. The van der Waals surface area contributed by atoms with Crippen molar-refractivity contribution in [1.29, 1.82) is 0 Å². The van der Waals surface area contributed by atoms with Gasteiger partial charge in [-0.1, -0.05) is 32.9 Å². The lowest BCUT2D eigenvalue weighted by molar-refractivity contribution is 0.477. The topological polar surface area (TPSA) is 33.1 Å². The lowest BCUT2D eigenvalue weighted by Gasteiger charge is -2.19. The van der Waals surface area contributed by atoms with Gasteiger partial charge in [-0.25, -0.2) is 0 Å². The molecule has 1 aromatic carbocycles. The molecule has 2 rings (SSSR count). The molecule has 0 unspecified atom stereocenters. The first-order valence-electron chi connectivity index (χ1n) is 5.73. The maximum Gasteiger partial charge on any atom is 0.124 e. The Labute approximate surface area is 102 Å². The molecule has 2 nitrogen and oxygen atoms in total. The van der Waals surface area contributed by atoms with Crippen LogP contribution in [-0.4, -0.2) is 10.1 Å². The normalized spacial score (nSPS) is 11.5. The SMILES string of the molecule is CC(C)(C)c1ccnc(-c2ccccc2O)c1. The molecule has 0 saturated carbocycles. The molecule has 2 heteroatoms. The van der Waals surface area contributed by atoms with Crippen LogP contribution in [0, 0.1) is 0 Å². The quantitative estimate of drug-likeness (QED) is 0.804. The molecule has 0 radical (unpaired) electrons. The summed E-state index contributed by atoms with van der Waals surface area (Å²) in [6, 6.07) is 11.3. The van der Waals surface area contributed by atoms with Gasteiger partial charge in [0.15, 0.2) is 0 Å². The number of benzene rings is 1. The molecule has 0 bridgehead atoms. The van der Waals surface area contributed by atoms with E-state index in [0.29, 0.717) is 0 Å². The number of rotatable bonds is 1. The van der Waals surface area contributed by atoms with Crippen LogP contribution in [0.1, 0.15) is 26.3 Å². The molecular weight excluding hydrogens is 210 g/mol. The number of hydrogen-bond donors (Lipinski definition) is 1. The molecule has 0 aliphatic rings. The number of para-hydroxylation sites is 1. The van der Waals surface area contributed by atoms with E-state index in [1.807, 2.05) is 30.3 Å². The van der Waals surface area contributed by atoms with E-state index in [2.05, 4.69) is 25.8 Å². The van der Waals surface area contributed by atoms with Crippen molar-refractivity contribution in [3.05, 3.63) is 48.2 Å². The molecule has 2 aromatic rings. The van der Waals surface area contributed by atoms with E-state index in [1.54, 1.807) is 12.3 Å². The third kappa shape index (κ3) is 2.47. The van der Waals surface area contributed by atoms with Crippen molar-refractivity contribution in [2.45, 2.75) is 26.2 Å². The van der Waals surface area contributed by atoms with Crippen molar-refractivity contribution < 1.29 is 5.11 Å². The number of hydrogen-bond acceptors (Lipinski definition) is 2. The Kier molecular flexibility index (Phi) is 2.88. The highest BCUT2D eigenvalue weighted by atomic mass is 16.3. The molecule has 0 fully saturated rings. The maximum atomic E-state index is 9.82. The fourth-order valence-electron chi connectivity index (χ4n) is 1.73. The van der Waals surface area contributed by atoms with Gasteiger partial charge in [-0.2, -0.15) is 0 Å². The van der Waals surface area contributed by atoms with Crippen molar-refractivity contribution in [3.8, 4) is 17.0 Å². The number of aromatic nitrogens is 1. The Morgan fingerprint density at radius 3 is 2.41 bits per heavy atom. The molecule has 1 N–H and O–H groups in total. The van der Waals surface area contributed by atoms with Crippen molar-refractivity contribution in [3.63, 3.8) is 0 Å². The van der Waals surface area contributed by atoms with Gasteiger partial charge >= 0.3 is 0 Å². The van der Waals surface area contributed by atoms with Gasteiger partial charge in [-0.05, 0) is 35.2 Å². The van der Waals surface area contributed by atoms with Crippen LogP contribution < -0.4 is 0 Å². The van der Waals surface area contributed by atoms with Gasteiger partial charge in [-0.3, -0.25) is 4.98 Å². The van der Waals surface area contributed by atoms with Crippen molar-refractivity contribution >= 4 is 0 Å². The third-order valence-electron chi connectivity index (χ3n) is 2.81. The minimum atomic E-state index is 0.0854. The highest BCUT2D eigenvalue weighted by Crippen LogP contribution is 2.30. The van der Waals surface area contributed by atoms with Crippen LogP contribution >= 0.6 is 0 Å². The molecule has 0 saturated heterocycles. The van der Waals surface area contributed by atoms with E-state index in [1.165, 1.54) is 5.56 Å². The zero-order valence-corrected chi connectivity index (χ0v) is 10.4. The lowest BCUT2D eigenvalue weighted by Crippen LogP contribution is -2.11. The average Bonchev–Trinajstić information content (AvgIpc) is 2.29. The summed E-state index contributed by atoms with van der Waals surface area (Å²) in [6.07, 6.45) is 1.79. The fourth-order valence-corrected chi connectivity index (χ4v) is 1.73. The van der Waals surface area contributed by atoms with E-state index < -0.39 is 0 Å². The largest absolute Gasteiger partial charge is 0.507 e. The van der Waals surface area contributed by atoms with Gasteiger partial charge < -0.3 is 5.11 Å². The monoisotopic (exact) mass is 227 g/mol. The van der Waals surface area contributed by atoms with Crippen LogP contribution in [0.3, 0.4) is 0 Å². The third-order valence-corrected chi connectivity index (χ3v) is 2.81. The number of aromatic hydroxyl groups is 1. The van der Waals surface area contributed by atoms with Gasteiger partial charge in [0.25, 0.3) is 0 Å². The first kappa shape index (κ1) is 11.6. The summed E-state index contributed by atoms with van der Waals surface area (Å²) in [4.78, 5) is 4.32. The zero-order chi connectivity index (χ0) is 12.5. The molecule has 0 amide bonds. The Hall–Kier alpha value is -1.83. The summed E-state index contributed by atoms with van der Waals surface area (Å²) < 4.78 is 0. The first-order valence-corrected chi connectivity index (χ1v) is 5.73. The van der Waals surface area contributed by atoms with Crippen LogP contribution in [0.2, 0.25) is 0 Å². The molecule has 0 aliphatic carbocycles. The predicted molar refractivity (Wildman–Crippen MR) is 70.0 cm³/mol. The standard InChI is InChI=1S/C15H17NO/c1-15(2,3)11-8-9-16-13(10-11)12-6-4-5-7-14(12)17/h4-10,17H,1-3H3. The second kappa shape index (κ2) is 4.21. The van der Waals surface area contributed by atoms with Gasteiger partial charge in [0.1, 0.15) is 5.75 Å². The summed E-state index contributed by atoms with van der Waals surface area (Å²) in [5.41, 5.74) is 2.89. The van der Waals surface area contributed by atoms with Crippen molar-refractivity contribution in [2.75, 3.05) is 0 Å². The minimum absolute atomic E-state index is 0.0854. The van der Waals surface area contributed by atoms with E-state index in [-0.39, 0.29) is 11.2 Å². The molecular formula is C15H17NO. The van der Waals surface area contributed by atoms with Crippen molar-refractivity contribution in [2.24, 2.45) is 0 Å². The number of pyridine rings is 1. The van der Waals surface area contributed by atoms with Crippen LogP contribution in [0.5, 0.6) is 5.75 Å². The number of nitrogens with zero attached hydrogens (tertiary/aromatic N) is 1. The van der Waals surface area contributed by atoms with Gasteiger partial charge in [0, 0.05) is 11.8 Å². The summed E-state index contributed by atoms with van der Waals surface area (Å²) in [6.45, 7) is 6.49. The smallest absolute Gasteiger partial charge is 0.124 e. The molecule has 17 heavy (non-hydrogen) atoms. The molecule has 1 aromatic heterocycles. The highest BCUT2D eigenvalue weighted by molar-refractivity contribution is 5.67. The Morgan fingerprint density at radius 1 is 1.06 bits per heavy atom. The average molecular weight is 227 g/mol. The number of phenols is 1. The lowest BCUT2D eigenvalue weighted by atomic mass is 9.87. The zero-order valence-electron chi connectivity index (χ0n) is 10.4. The predicted octanol–water partition coefficient (Wildman–Crippen LogP) is 3.75. The van der Waals surface area contributed by atoms with E-state index in [4.69, 9.17) is 0 Å². The van der Waals surface area contributed by atoms with Gasteiger partial charge in [0.05, 0.1) is 5.69 Å². The van der Waals surface area contributed by atoms with Gasteiger partial charge in [0.2, 0.25) is 0 Å². The van der Waals surface area contributed by atoms with Crippen LogP contribution in [0.15, 0.2) is 42.6 Å².